The van der Waals surface area contributed by atoms with Gasteiger partial charge in [0, 0.05) is 24.9 Å². The van der Waals surface area contributed by atoms with Crippen LogP contribution in [0.5, 0.6) is 11.5 Å². The van der Waals surface area contributed by atoms with Crippen LogP contribution < -0.4 is 20.5 Å². The molecule has 3 N–H and O–H groups in total. The Hall–Kier alpha value is -1.80. The summed E-state index contributed by atoms with van der Waals surface area (Å²) in [5, 5.41) is 2.97. The Morgan fingerprint density at radius 1 is 1.11 bits per heavy atom. The molecule has 2 aliphatic rings. The van der Waals surface area contributed by atoms with Gasteiger partial charge in [-0.3, -0.25) is 4.79 Å². The molecule has 0 spiro atoms. The number of hydrogen-bond acceptors (Lipinski definition) is 6. The Morgan fingerprint density at radius 3 is 2.63 bits per heavy atom. The number of ether oxygens (including phenoxy) is 2. The Morgan fingerprint density at radius 2 is 1.85 bits per heavy atom. The first kappa shape index (κ1) is 19.9. The number of rotatable bonds is 6. The Kier molecular flexibility index (Phi) is 6.59. The minimum absolute atomic E-state index is 0.0528. The first-order valence-electron chi connectivity index (χ1n) is 9.61. The molecule has 0 aromatic heterocycles. The van der Waals surface area contributed by atoms with Crippen LogP contribution in [0.15, 0.2) is 23.1 Å². The number of hydrogen-bond donors (Lipinski definition) is 2. The van der Waals surface area contributed by atoms with Crippen molar-refractivity contribution >= 4 is 15.7 Å². The van der Waals surface area contributed by atoms with Crippen molar-refractivity contribution < 1.29 is 22.7 Å². The molecule has 150 valence electrons. The van der Waals surface area contributed by atoms with E-state index in [2.05, 4.69) is 5.32 Å². The number of nitrogens with one attached hydrogen (secondary N) is 1. The molecule has 1 aromatic rings. The summed E-state index contributed by atoms with van der Waals surface area (Å²) in [6, 6.07) is 4.66. The van der Waals surface area contributed by atoms with E-state index < -0.39 is 9.84 Å². The molecule has 0 saturated heterocycles. The zero-order valence-electron chi connectivity index (χ0n) is 15.5. The van der Waals surface area contributed by atoms with Gasteiger partial charge in [-0.15, -0.1) is 0 Å². The molecule has 8 heteroatoms. The van der Waals surface area contributed by atoms with Crippen LogP contribution in [0, 0.1) is 5.92 Å². The van der Waals surface area contributed by atoms with E-state index in [1.807, 2.05) is 0 Å². The van der Waals surface area contributed by atoms with E-state index in [1.165, 1.54) is 12.1 Å². The molecule has 1 aliphatic carbocycles. The second kappa shape index (κ2) is 8.93. The summed E-state index contributed by atoms with van der Waals surface area (Å²) in [6.45, 7) is 1.58. The smallest absolute Gasteiger partial charge is 0.221 e. The normalized spacial score (nSPS) is 22.7. The van der Waals surface area contributed by atoms with Crippen molar-refractivity contribution in [3.8, 4) is 11.5 Å². The van der Waals surface area contributed by atoms with E-state index >= 15 is 0 Å². The van der Waals surface area contributed by atoms with E-state index in [0.29, 0.717) is 31.3 Å². The molecular formula is C19H28N2O5S. The summed E-state index contributed by atoms with van der Waals surface area (Å²) < 4.78 is 36.3. The molecule has 1 saturated carbocycles. The van der Waals surface area contributed by atoms with E-state index in [0.717, 1.165) is 32.1 Å². The van der Waals surface area contributed by atoms with Crippen molar-refractivity contribution in [3.05, 3.63) is 18.2 Å². The van der Waals surface area contributed by atoms with Crippen molar-refractivity contribution in [2.75, 3.05) is 25.5 Å². The largest absolute Gasteiger partial charge is 0.490 e. The van der Waals surface area contributed by atoms with Crippen LogP contribution in [0.25, 0.3) is 0 Å². The zero-order valence-corrected chi connectivity index (χ0v) is 16.3. The van der Waals surface area contributed by atoms with Gasteiger partial charge in [0.25, 0.3) is 0 Å². The topological polar surface area (TPSA) is 108 Å². The molecule has 7 nitrogen and oxygen atoms in total. The minimum atomic E-state index is -3.58. The van der Waals surface area contributed by atoms with Gasteiger partial charge in [0.2, 0.25) is 5.91 Å². The monoisotopic (exact) mass is 396 g/mol. The van der Waals surface area contributed by atoms with E-state index in [1.54, 1.807) is 6.07 Å². The summed E-state index contributed by atoms with van der Waals surface area (Å²) in [5.41, 5.74) is 5.79. The first-order valence-corrected chi connectivity index (χ1v) is 11.3. The molecule has 1 aliphatic heterocycles. The van der Waals surface area contributed by atoms with Gasteiger partial charge >= 0.3 is 0 Å². The van der Waals surface area contributed by atoms with Crippen molar-refractivity contribution in [3.63, 3.8) is 0 Å². The predicted octanol–water partition coefficient (Wildman–Crippen LogP) is 1.65. The third-order valence-corrected chi connectivity index (χ3v) is 6.95. The Labute approximate surface area is 160 Å². The maximum absolute atomic E-state index is 12.6. The lowest BCUT2D eigenvalue weighted by Gasteiger charge is -2.31. The lowest BCUT2D eigenvalue weighted by atomic mass is 9.84. The first-order chi connectivity index (χ1) is 13.0. The van der Waals surface area contributed by atoms with E-state index in [4.69, 9.17) is 15.2 Å². The summed E-state index contributed by atoms with van der Waals surface area (Å²) in [5.74, 6) is 0.790. The molecule has 2 atom stereocenters. The van der Waals surface area contributed by atoms with Gasteiger partial charge in [0.1, 0.15) is 0 Å². The van der Waals surface area contributed by atoms with Crippen molar-refractivity contribution in [2.45, 2.75) is 49.5 Å². The SMILES string of the molecule is NCC1CCCCC1NC(=O)CCS(=O)(=O)c1ccc2c(c1)OCCCO2. The summed E-state index contributed by atoms with van der Waals surface area (Å²) >= 11 is 0. The second-order valence-electron chi connectivity index (χ2n) is 7.18. The molecular weight excluding hydrogens is 368 g/mol. The van der Waals surface area contributed by atoms with Crippen LogP contribution in [0.3, 0.4) is 0 Å². The molecule has 0 bridgehead atoms. The lowest BCUT2D eigenvalue weighted by molar-refractivity contribution is -0.122. The molecule has 1 heterocycles. The van der Waals surface area contributed by atoms with Crippen molar-refractivity contribution in [1.82, 2.24) is 5.32 Å². The van der Waals surface area contributed by atoms with Gasteiger partial charge in [-0.2, -0.15) is 0 Å². The molecule has 1 aromatic carbocycles. The van der Waals surface area contributed by atoms with Gasteiger partial charge in [0.15, 0.2) is 21.3 Å². The zero-order chi connectivity index (χ0) is 19.3. The second-order valence-corrected chi connectivity index (χ2v) is 9.29. The fraction of sp³-hybridized carbons (Fsp3) is 0.632. The van der Waals surface area contributed by atoms with Crippen molar-refractivity contribution in [2.24, 2.45) is 11.7 Å². The lowest BCUT2D eigenvalue weighted by Crippen LogP contribution is -2.45. The highest BCUT2D eigenvalue weighted by atomic mass is 32.2. The fourth-order valence-electron chi connectivity index (χ4n) is 3.64. The van der Waals surface area contributed by atoms with Crippen LogP contribution in [0.2, 0.25) is 0 Å². The highest BCUT2D eigenvalue weighted by Crippen LogP contribution is 2.32. The van der Waals surface area contributed by atoms with Crippen LogP contribution in [0.1, 0.15) is 38.5 Å². The molecule has 3 rings (SSSR count). The van der Waals surface area contributed by atoms with Crippen molar-refractivity contribution in [1.29, 1.82) is 0 Å². The molecule has 1 fully saturated rings. The van der Waals surface area contributed by atoms with E-state index in [9.17, 15) is 13.2 Å². The number of nitrogens with two attached hydrogens (primary N) is 1. The molecule has 0 radical (unpaired) electrons. The average molecular weight is 397 g/mol. The van der Waals surface area contributed by atoms with Crippen LogP contribution >= 0.6 is 0 Å². The average Bonchev–Trinajstić information content (AvgIpc) is 2.92. The summed E-state index contributed by atoms with van der Waals surface area (Å²) in [4.78, 5) is 12.4. The number of sulfone groups is 1. The van der Waals surface area contributed by atoms with Crippen LogP contribution in [0.4, 0.5) is 0 Å². The van der Waals surface area contributed by atoms with Gasteiger partial charge in [-0.1, -0.05) is 12.8 Å². The highest BCUT2D eigenvalue weighted by molar-refractivity contribution is 7.91. The van der Waals surface area contributed by atoms with Crippen LogP contribution in [-0.4, -0.2) is 45.9 Å². The van der Waals surface area contributed by atoms with Gasteiger partial charge < -0.3 is 20.5 Å². The number of fused-ring (bicyclic) bond motifs is 1. The molecule has 27 heavy (non-hydrogen) atoms. The van der Waals surface area contributed by atoms with E-state index in [-0.39, 0.29) is 34.9 Å². The number of amides is 1. The summed E-state index contributed by atoms with van der Waals surface area (Å²) in [6.07, 6.45) is 4.80. The van der Waals surface area contributed by atoms with Gasteiger partial charge in [-0.25, -0.2) is 8.42 Å². The molecule has 2 unspecified atom stereocenters. The number of carbonyl (C=O) groups is 1. The number of carbonyl (C=O) groups excluding carboxylic acids is 1. The third kappa shape index (κ3) is 5.13. The maximum Gasteiger partial charge on any atom is 0.221 e. The number of benzene rings is 1. The Balaban J connectivity index is 1.59. The minimum Gasteiger partial charge on any atom is -0.490 e. The highest BCUT2D eigenvalue weighted by Gasteiger charge is 2.26. The standard InChI is InChI=1S/C19H28N2O5S/c20-13-14-4-1-2-5-16(14)21-19(22)8-11-27(23,24)15-6-7-17-18(12-15)26-10-3-9-25-17/h6-7,12,14,16H,1-5,8-11,13,20H2,(H,21,22). The predicted molar refractivity (Wildman–Crippen MR) is 102 cm³/mol. The maximum atomic E-state index is 12.6. The molecule has 1 amide bonds. The van der Waals surface area contributed by atoms with Gasteiger partial charge in [-0.05, 0) is 37.4 Å². The quantitative estimate of drug-likeness (QED) is 0.757. The Bertz CT molecular complexity index is 765. The third-order valence-electron chi connectivity index (χ3n) is 5.23. The fourth-order valence-corrected chi connectivity index (χ4v) is 4.89. The van der Waals surface area contributed by atoms with Gasteiger partial charge in [0.05, 0.1) is 23.9 Å². The summed E-state index contributed by atoms with van der Waals surface area (Å²) in [7, 11) is -3.58. The van der Waals surface area contributed by atoms with Crippen LogP contribution in [-0.2, 0) is 14.6 Å².